The molecule has 0 saturated heterocycles. The molecule has 0 aliphatic carbocycles. The van der Waals surface area contributed by atoms with Crippen molar-refractivity contribution in [2.45, 2.75) is 6.54 Å². The molecule has 2 heterocycles. The summed E-state index contributed by atoms with van der Waals surface area (Å²) in [5.74, 6) is 0. The second-order valence-corrected chi connectivity index (χ2v) is 5.35. The predicted molar refractivity (Wildman–Crippen MR) is 80.4 cm³/mol. The maximum Gasteiger partial charge on any atom is 0.264 e. The first-order valence-electron chi connectivity index (χ1n) is 5.98. The quantitative estimate of drug-likeness (QED) is 0.721. The summed E-state index contributed by atoms with van der Waals surface area (Å²) in [5.41, 5.74) is 7.90. The Morgan fingerprint density at radius 3 is 2.95 bits per heavy atom. The smallest absolute Gasteiger partial charge is 0.264 e. The average molecular weight is 334 g/mol. The summed E-state index contributed by atoms with van der Waals surface area (Å²) in [6.45, 7) is 0.365. The lowest BCUT2D eigenvalue weighted by molar-refractivity contribution is 0.737. The number of anilines is 1. The summed E-state index contributed by atoms with van der Waals surface area (Å²) in [4.78, 5) is 16.6. The monoisotopic (exact) mass is 333 g/mol. The second-order valence-electron chi connectivity index (χ2n) is 4.49. The van der Waals surface area contributed by atoms with Crippen LogP contribution in [0.1, 0.15) is 5.56 Å². The Kier molecular flexibility index (Phi) is 3.06. The zero-order chi connectivity index (χ0) is 14.3. The molecule has 7 heteroatoms. The number of hydrogen-bond acceptors (Lipinski definition) is 4. The van der Waals surface area contributed by atoms with Crippen LogP contribution in [0, 0.1) is 0 Å². The van der Waals surface area contributed by atoms with Crippen molar-refractivity contribution in [1.29, 1.82) is 0 Å². The minimum Gasteiger partial charge on any atom is -0.398 e. The average Bonchev–Trinajstić information content (AvgIpc) is 2.79. The van der Waals surface area contributed by atoms with Crippen molar-refractivity contribution >= 4 is 32.7 Å². The number of aromatic nitrogens is 4. The topological polar surface area (TPSA) is 78.7 Å². The largest absolute Gasteiger partial charge is 0.398 e. The first-order valence-corrected chi connectivity index (χ1v) is 6.77. The molecule has 2 N–H and O–H groups in total. The molecule has 0 atom stereocenters. The van der Waals surface area contributed by atoms with E-state index >= 15 is 0 Å². The lowest BCUT2D eigenvalue weighted by Gasteiger charge is -2.10. The van der Waals surface area contributed by atoms with E-state index in [2.05, 4.69) is 26.0 Å². The number of halogens is 1. The highest BCUT2D eigenvalue weighted by Gasteiger charge is 2.10. The summed E-state index contributed by atoms with van der Waals surface area (Å²) in [6, 6.07) is 5.56. The maximum atomic E-state index is 12.4. The molecule has 0 amide bonds. The predicted octanol–water partition coefficient (Wildman–Crippen LogP) is 1.52. The van der Waals surface area contributed by atoms with Crippen molar-refractivity contribution < 1.29 is 0 Å². The van der Waals surface area contributed by atoms with Crippen molar-refractivity contribution in [3.05, 3.63) is 51.1 Å². The highest BCUT2D eigenvalue weighted by atomic mass is 79.9. The molecule has 6 nitrogen and oxygen atoms in total. The Morgan fingerprint density at radius 1 is 1.40 bits per heavy atom. The van der Waals surface area contributed by atoms with Gasteiger partial charge >= 0.3 is 0 Å². The van der Waals surface area contributed by atoms with Gasteiger partial charge in [0.2, 0.25) is 0 Å². The molecule has 1 aromatic carbocycles. The van der Waals surface area contributed by atoms with Gasteiger partial charge in [0.15, 0.2) is 5.65 Å². The Hall–Kier alpha value is -2.15. The Labute approximate surface area is 123 Å². The van der Waals surface area contributed by atoms with E-state index in [-0.39, 0.29) is 5.56 Å². The molecule has 2 aromatic heterocycles. The minimum absolute atomic E-state index is 0.127. The molecule has 0 radical (unpaired) electrons. The second kappa shape index (κ2) is 4.75. The van der Waals surface area contributed by atoms with Crippen LogP contribution in [0.4, 0.5) is 5.69 Å². The van der Waals surface area contributed by atoms with Crippen molar-refractivity contribution in [3.63, 3.8) is 0 Å². The maximum absolute atomic E-state index is 12.4. The first kappa shape index (κ1) is 12.9. The van der Waals surface area contributed by atoms with Crippen LogP contribution in [-0.2, 0) is 13.6 Å². The lowest BCUT2D eigenvalue weighted by atomic mass is 10.2. The van der Waals surface area contributed by atoms with Gasteiger partial charge in [-0.25, -0.2) is 4.98 Å². The van der Waals surface area contributed by atoms with E-state index in [9.17, 15) is 4.79 Å². The Balaban J connectivity index is 2.12. The molecule has 0 aliphatic rings. The summed E-state index contributed by atoms with van der Waals surface area (Å²) in [6.07, 6.45) is 3.05. The Bertz CT molecular complexity index is 831. The number of nitrogen functional groups attached to an aromatic ring is 1. The number of benzene rings is 1. The molecular formula is C13H12BrN5O. The summed E-state index contributed by atoms with van der Waals surface area (Å²) in [7, 11) is 1.75. The molecule has 3 rings (SSSR count). The van der Waals surface area contributed by atoms with E-state index in [0.717, 1.165) is 10.0 Å². The van der Waals surface area contributed by atoms with Gasteiger partial charge in [0, 0.05) is 22.8 Å². The zero-order valence-electron chi connectivity index (χ0n) is 10.7. The van der Waals surface area contributed by atoms with Gasteiger partial charge < -0.3 is 5.73 Å². The van der Waals surface area contributed by atoms with Crippen LogP contribution in [0.3, 0.4) is 0 Å². The van der Waals surface area contributed by atoms with Crippen molar-refractivity contribution in [2.24, 2.45) is 7.05 Å². The molecular weight excluding hydrogens is 322 g/mol. The van der Waals surface area contributed by atoms with E-state index in [1.807, 2.05) is 12.1 Å². The summed E-state index contributed by atoms with van der Waals surface area (Å²) < 4.78 is 3.98. The SMILES string of the molecule is Cn1ncc2c(=O)n(Cc3c(N)cccc3Br)cnc21. The fourth-order valence-corrected chi connectivity index (χ4v) is 2.60. The van der Waals surface area contributed by atoms with E-state index in [1.54, 1.807) is 17.8 Å². The van der Waals surface area contributed by atoms with Gasteiger partial charge in [0.1, 0.15) is 11.7 Å². The zero-order valence-corrected chi connectivity index (χ0v) is 12.3. The summed E-state index contributed by atoms with van der Waals surface area (Å²) in [5, 5.41) is 4.55. The summed E-state index contributed by atoms with van der Waals surface area (Å²) >= 11 is 3.45. The molecule has 20 heavy (non-hydrogen) atoms. The minimum atomic E-state index is -0.127. The van der Waals surface area contributed by atoms with Crippen LogP contribution < -0.4 is 11.3 Å². The van der Waals surface area contributed by atoms with Gasteiger partial charge in [-0.2, -0.15) is 5.10 Å². The third-order valence-corrected chi connectivity index (χ3v) is 3.94. The first-order chi connectivity index (χ1) is 9.58. The van der Waals surface area contributed by atoms with Crippen LogP contribution >= 0.6 is 15.9 Å². The van der Waals surface area contributed by atoms with Gasteiger partial charge in [-0.1, -0.05) is 22.0 Å². The lowest BCUT2D eigenvalue weighted by Crippen LogP contribution is -2.21. The molecule has 0 fully saturated rings. The van der Waals surface area contributed by atoms with Crippen molar-refractivity contribution in [3.8, 4) is 0 Å². The number of nitrogens with two attached hydrogens (primary N) is 1. The number of fused-ring (bicyclic) bond motifs is 1. The van der Waals surface area contributed by atoms with Crippen molar-refractivity contribution in [2.75, 3.05) is 5.73 Å². The number of nitrogens with zero attached hydrogens (tertiary/aromatic N) is 4. The van der Waals surface area contributed by atoms with Crippen molar-refractivity contribution in [1.82, 2.24) is 19.3 Å². The van der Waals surface area contributed by atoms with Gasteiger partial charge in [0.25, 0.3) is 5.56 Å². The van der Waals surface area contributed by atoms with Crippen LogP contribution in [-0.4, -0.2) is 19.3 Å². The van der Waals surface area contributed by atoms with Gasteiger partial charge in [-0.05, 0) is 12.1 Å². The molecule has 102 valence electrons. The number of rotatable bonds is 2. The molecule has 3 aromatic rings. The fourth-order valence-electron chi connectivity index (χ4n) is 2.09. The number of aryl methyl sites for hydroxylation is 1. The molecule has 0 aliphatic heterocycles. The standard InChI is InChI=1S/C13H12BrN5O/c1-18-12-8(5-17-18)13(20)19(7-16-12)6-9-10(14)3-2-4-11(9)15/h2-5,7H,6,15H2,1H3. The van der Waals surface area contributed by atoms with Gasteiger partial charge in [-0.15, -0.1) is 0 Å². The normalized spacial score (nSPS) is 11.1. The highest BCUT2D eigenvalue weighted by Crippen LogP contribution is 2.23. The number of hydrogen-bond donors (Lipinski definition) is 1. The third kappa shape index (κ3) is 2.00. The highest BCUT2D eigenvalue weighted by molar-refractivity contribution is 9.10. The van der Waals surface area contributed by atoms with Crippen LogP contribution in [0.2, 0.25) is 0 Å². The Morgan fingerprint density at radius 2 is 2.20 bits per heavy atom. The molecule has 0 saturated carbocycles. The van der Waals surface area contributed by atoms with E-state index < -0.39 is 0 Å². The molecule has 0 unspecified atom stereocenters. The van der Waals surface area contributed by atoms with Crippen LogP contribution in [0.5, 0.6) is 0 Å². The fraction of sp³-hybridized carbons (Fsp3) is 0.154. The van der Waals surface area contributed by atoms with E-state index in [4.69, 9.17) is 5.73 Å². The van der Waals surface area contributed by atoms with Gasteiger partial charge in [0.05, 0.1) is 12.7 Å². The third-order valence-electron chi connectivity index (χ3n) is 3.20. The van der Waals surface area contributed by atoms with Crippen LogP contribution in [0.15, 0.2) is 40.0 Å². The van der Waals surface area contributed by atoms with E-state index in [0.29, 0.717) is 23.3 Å². The van der Waals surface area contributed by atoms with E-state index in [1.165, 1.54) is 17.1 Å². The van der Waals surface area contributed by atoms with Gasteiger partial charge in [-0.3, -0.25) is 14.0 Å². The molecule has 0 spiro atoms. The van der Waals surface area contributed by atoms with Crippen LogP contribution in [0.25, 0.3) is 11.0 Å². The molecule has 0 bridgehead atoms.